The summed E-state index contributed by atoms with van der Waals surface area (Å²) in [7, 11) is 0. The SMILES string of the molecule is CC(CC(=O)NCCc1ccc(Cl)cc1Cl)c1cccnc1. The number of aromatic nitrogens is 1. The van der Waals surface area contributed by atoms with Crippen molar-refractivity contribution >= 4 is 29.1 Å². The minimum atomic E-state index is 0.0291. The molecule has 1 N–H and O–H groups in total. The number of carbonyl (C=O) groups excluding carboxylic acids is 1. The summed E-state index contributed by atoms with van der Waals surface area (Å²) in [6.07, 6.45) is 4.65. The molecule has 1 unspecified atom stereocenters. The van der Waals surface area contributed by atoms with E-state index in [4.69, 9.17) is 23.2 Å². The van der Waals surface area contributed by atoms with Gasteiger partial charge in [-0.2, -0.15) is 0 Å². The number of amides is 1. The molecule has 116 valence electrons. The topological polar surface area (TPSA) is 42.0 Å². The first-order valence-electron chi connectivity index (χ1n) is 7.17. The molecule has 0 radical (unpaired) electrons. The molecule has 0 bridgehead atoms. The van der Waals surface area contributed by atoms with Crippen LogP contribution in [0.5, 0.6) is 0 Å². The fraction of sp³-hybridized carbons (Fsp3) is 0.294. The van der Waals surface area contributed by atoms with Crippen LogP contribution in [0.15, 0.2) is 42.7 Å². The van der Waals surface area contributed by atoms with Crippen LogP contribution in [0.25, 0.3) is 0 Å². The van der Waals surface area contributed by atoms with Crippen LogP contribution in [0, 0.1) is 0 Å². The lowest BCUT2D eigenvalue weighted by Gasteiger charge is -2.12. The molecule has 1 amide bonds. The van der Waals surface area contributed by atoms with Crippen molar-refractivity contribution in [3.05, 3.63) is 63.9 Å². The second kappa shape index (κ2) is 8.16. The zero-order valence-electron chi connectivity index (χ0n) is 12.4. The molecular formula is C17H18Cl2N2O. The predicted molar refractivity (Wildman–Crippen MR) is 90.4 cm³/mol. The van der Waals surface area contributed by atoms with Crippen LogP contribution in [-0.2, 0) is 11.2 Å². The summed E-state index contributed by atoms with van der Waals surface area (Å²) in [5.74, 6) is 0.175. The molecule has 3 nitrogen and oxygen atoms in total. The van der Waals surface area contributed by atoms with Crippen LogP contribution in [0.2, 0.25) is 10.0 Å². The Morgan fingerprint density at radius 3 is 2.82 bits per heavy atom. The fourth-order valence-electron chi connectivity index (χ4n) is 2.20. The van der Waals surface area contributed by atoms with Gasteiger partial charge in [-0.05, 0) is 41.7 Å². The van der Waals surface area contributed by atoms with Gasteiger partial charge in [0.2, 0.25) is 5.91 Å². The van der Waals surface area contributed by atoms with Gasteiger partial charge in [0.05, 0.1) is 0 Å². The highest BCUT2D eigenvalue weighted by Crippen LogP contribution is 2.21. The van der Waals surface area contributed by atoms with Crippen molar-refractivity contribution in [1.29, 1.82) is 0 Å². The molecule has 2 rings (SSSR count). The zero-order chi connectivity index (χ0) is 15.9. The summed E-state index contributed by atoms with van der Waals surface area (Å²) in [5, 5.41) is 4.17. The zero-order valence-corrected chi connectivity index (χ0v) is 13.9. The molecule has 0 spiro atoms. The van der Waals surface area contributed by atoms with Gasteiger partial charge in [0, 0.05) is 35.4 Å². The third kappa shape index (κ3) is 5.00. The second-order valence-electron chi connectivity index (χ2n) is 5.23. The van der Waals surface area contributed by atoms with Crippen molar-refractivity contribution < 1.29 is 4.79 Å². The van der Waals surface area contributed by atoms with E-state index in [1.807, 2.05) is 25.1 Å². The van der Waals surface area contributed by atoms with Gasteiger partial charge < -0.3 is 5.32 Å². The Morgan fingerprint density at radius 2 is 2.14 bits per heavy atom. The van der Waals surface area contributed by atoms with Gasteiger partial charge in [0.15, 0.2) is 0 Å². The fourth-order valence-corrected chi connectivity index (χ4v) is 2.70. The summed E-state index contributed by atoms with van der Waals surface area (Å²) in [6.45, 7) is 2.58. The van der Waals surface area contributed by atoms with Crippen molar-refractivity contribution in [3.8, 4) is 0 Å². The molecule has 1 aromatic carbocycles. The second-order valence-corrected chi connectivity index (χ2v) is 6.07. The Hall–Kier alpha value is -1.58. The van der Waals surface area contributed by atoms with E-state index in [0.29, 0.717) is 29.4 Å². The number of nitrogens with one attached hydrogen (secondary N) is 1. The average Bonchev–Trinajstić information content (AvgIpc) is 2.50. The van der Waals surface area contributed by atoms with E-state index < -0.39 is 0 Å². The van der Waals surface area contributed by atoms with Crippen molar-refractivity contribution in [1.82, 2.24) is 10.3 Å². The van der Waals surface area contributed by atoms with E-state index in [2.05, 4.69) is 10.3 Å². The average molecular weight is 337 g/mol. The van der Waals surface area contributed by atoms with Crippen molar-refractivity contribution in [2.75, 3.05) is 6.54 Å². The number of pyridine rings is 1. The Labute approximate surface area is 140 Å². The van der Waals surface area contributed by atoms with Crippen molar-refractivity contribution in [3.63, 3.8) is 0 Å². The number of hydrogen-bond donors (Lipinski definition) is 1. The van der Waals surface area contributed by atoms with E-state index in [9.17, 15) is 4.79 Å². The molecule has 5 heteroatoms. The van der Waals surface area contributed by atoms with Crippen LogP contribution < -0.4 is 5.32 Å². The molecule has 2 aromatic rings. The van der Waals surface area contributed by atoms with Gasteiger partial charge in [0.25, 0.3) is 0 Å². The Kier molecular flexibility index (Phi) is 6.22. The summed E-state index contributed by atoms with van der Waals surface area (Å²) in [6, 6.07) is 9.26. The molecule has 0 saturated carbocycles. The molecular weight excluding hydrogens is 319 g/mol. The predicted octanol–water partition coefficient (Wildman–Crippen LogP) is 4.24. The number of carbonyl (C=O) groups is 1. The highest BCUT2D eigenvalue weighted by molar-refractivity contribution is 6.35. The van der Waals surface area contributed by atoms with Gasteiger partial charge >= 0.3 is 0 Å². The molecule has 0 fully saturated rings. The molecule has 0 aliphatic carbocycles. The van der Waals surface area contributed by atoms with Crippen LogP contribution in [-0.4, -0.2) is 17.4 Å². The Balaban J connectivity index is 1.78. The highest BCUT2D eigenvalue weighted by atomic mass is 35.5. The van der Waals surface area contributed by atoms with E-state index in [-0.39, 0.29) is 11.8 Å². The van der Waals surface area contributed by atoms with E-state index >= 15 is 0 Å². The molecule has 1 aromatic heterocycles. The molecule has 0 aliphatic heterocycles. The third-order valence-corrected chi connectivity index (χ3v) is 4.06. The van der Waals surface area contributed by atoms with Gasteiger partial charge in [0.1, 0.15) is 0 Å². The monoisotopic (exact) mass is 336 g/mol. The van der Waals surface area contributed by atoms with E-state index in [0.717, 1.165) is 11.1 Å². The maximum absolute atomic E-state index is 12.0. The Morgan fingerprint density at radius 1 is 1.32 bits per heavy atom. The van der Waals surface area contributed by atoms with E-state index in [1.165, 1.54) is 0 Å². The molecule has 22 heavy (non-hydrogen) atoms. The maximum atomic E-state index is 12.0. The van der Waals surface area contributed by atoms with E-state index in [1.54, 1.807) is 24.5 Å². The largest absolute Gasteiger partial charge is 0.356 e. The van der Waals surface area contributed by atoms with Gasteiger partial charge in [-0.1, -0.05) is 42.3 Å². The number of benzene rings is 1. The molecule has 0 saturated heterocycles. The summed E-state index contributed by atoms with van der Waals surface area (Å²) in [5.41, 5.74) is 2.05. The first-order chi connectivity index (χ1) is 10.6. The lowest BCUT2D eigenvalue weighted by Crippen LogP contribution is -2.26. The summed E-state index contributed by atoms with van der Waals surface area (Å²) in [4.78, 5) is 16.0. The number of hydrogen-bond acceptors (Lipinski definition) is 2. The smallest absolute Gasteiger partial charge is 0.220 e. The Bertz CT molecular complexity index is 632. The molecule has 0 aliphatic rings. The summed E-state index contributed by atoms with van der Waals surface area (Å²) >= 11 is 12.0. The van der Waals surface area contributed by atoms with Gasteiger partial charge in [-0.3, -0.25) is 9.78 Å². The van der Waals surface area contributed by atoms with Crippen LogP contribution in [0.1, 0.15) is 30.4 Å². The minimum absolute atomic E-state index is 0.0291. The normalized spacial score (nSPS) is 12.0. The summed E-state index contributed by atoms with van der Waals surface area (Å²) < 4.78 is 0. The van der Waals surface area contributed by atoms with Gasteiger partial charge in [-0.15, -0.1) is 0 Å². The first kappa shape index (κ1) is 16.8. The third-order valence-electron chi connectivity index (χ3n) is 3.48. The lowest BCUT2D eigenvalue weighted by atomic mass is 9.99. The van der Waals surface area contributed by atoms with Crippen molar-refractivity contribution in [2.24, 2.45) is 0 Å². The van der Waals surface area contributed by atoms with Crippen LogP contribution in [0.4, 0.5) is 0 Å². The first-order valence-corrected chi connectivity index (χ1v) is 7.92. The van der Waals surface area contributed by atoms with Crippen molar-refractivity contribution in [2.45, 2.75) is 25.7 Å². The van der Waals surface area contributed by atoms with Crippen LogP contribution in [0.3, 0.4) is 0 Å². The number of nitrogens with zero attached hydrogens (tertiary/aromatic N) is 1. The minimum Gasteiger partial charge on any atom is -0.356 e. The number of halogens is 2. The molecule has 1 atom stereocenters. The van der Waals surface area contributed by atoms with Crippen LogP contribution >= 0.6 is 23.2 Å². The highest BCUT2D eigenvalue weighted by Gasteiger charge is 2.11. The quantitative estimate of drug-likeness (QED) is 0.857. The molecule has 1 heterocycles. The standard InChI is InChI=1S/C17H18Cl2N2O/c1-12(14-3-2-7-20-11-14)9-17(22)21-8-6-13-4-5-15(18)10-16(13)19/h2-5,7,10-12H,6,8-9H2,1H3,(H,21,22). The lowest BCUT2D eigenvalue weighted by molar-refractivity contribution is -0.121. The van der Waals surface area contributed by atoms with Gasteiger partial charge in [-0.25, -0.2) is 0 Å². The maximum Gasteiger partial charge on any atom is 0.220 e. The number of rotatable bonds is 6.